The first-order chi connectivity index (χ1) is 66.2. The van der Waals surface area contributed by atoms with Crippen LogP contribution < -0.4 is 24.2 Å². The number of amides is 1. The van der Waals surface area contributed by atoms with Gasteiger partial charge in [0.2, 0.25) is 54.8 Å². The maximum Gasteiger partial charge on any atom is 0.338 e. The van der Waals surface area contributed by atoms with Crippen molar-refractivity contribution in [3.63, 3.8) is 0 Å². The minimum atomic E-state index is -4.26. The summed E-state index contributed by atoms with van der Waals surface area (Å²) in [6.07, 6.45) is 12.2. The minimum absolute atomic E-state index is 0.0153. The highest BCUT2D eigenvalue weighted by atomic mass is 35.5. The molecule has 5 N–H and O–H groups in total. The number of likely N-dealkylation sites (N-methyl/N-ethyl adjacent to an activating group) is 1. The predicted molar refractivity (Wildman–Crippen MR) is 523 cm³/mol. The van der Waals surface area contributed by atoms with Crippen LogP contribution in [0.5, 0.6) is 0 Å². The number of fused-ring (bicyclic) bond motifs is 4. The molecule has 0 spiro atoms. The third-order valence-corrected chi connectivity index (χ3v) is 40.8. The number of aromatic nitrogens is 3. The summed E-state index contributed by atoms with van der Waals surface area (Å²) in [6.45, 7) is 8.28. The molecule has 7 aromatic rings. The van der Waals surface area contributed by atoms with Crippen LogP contribution in [0.3, 0.4) is 0 Å². The van der Waals surface area contributed by atoms with Crippen molar-refractivity contribution >= 4 is 209 Å². The Balaban J connectivity index is 0.000000134. The third-order valence-electron chi connectivity index (χ3n) is 23.6. The van der Waals surface area contributed by atoms with Crippen molar-refractivity contribution in [1.82, 2.24) is 58.8 Å². The van der Waals surface area contributed by atoms with Gasteiger partial charge in [-0.1, -0.05) is 82.4 Å². The van der Waals surface area contributed by atoms with Gasteiger partial charge >= 0.3 is 17.9 Å². The number of carbonyl (C=O) groups is 4. The molecule has 4 aliphatic carbocycles. The molecule has 4 aromatic carbocycles. The molecule has 4 saturated heterocycles. The fourth-order valence-corrected chi connectivity index (χ4v) is 30.8. The van der Waals surface area contributed by atoms with Crippen LogP contribution in [0.25, 0.3) is 0 Å². The monoisotopic (exact) mass is 2200 g/mol. The summed E-state index contributed by atoms with van der Waals surface area (Å²) in [4.78, 5) is 90.5. The van der Waals surface area contributed by atoms with Gasteiger partial charge in [-0.05, 0) is 146 Å². The first kappa shape index (κ1) is 104. The molecule has 8 aliphatic heterocycles. The van der Waals surface area contributed by atoms with Gasteiger partial charge in [-0.2, -0.15) is 0 Å². The molecule has 3 aromatic heterocycles. The molecule has 1 amide bonds. The van der Waals surface area contributed by atoms with Crippen LogP contribution in [-0.2, 0) is 94.1 Å². The van der Waals surface area contributed by atoms with E-state index in [-0.39, 0.29) is 126 Å². The SMILES string of the molecule is CCNC(=O)C1=C2C[C@H](NS(=O)(=O)C3CC3)CN2C(S(=O)c2nccs2)=N[C@H]1c1ccc(F)cc1Cl.CCOC(=O)C1=C2C[C@H](NS(=O)(=O)C3CC3)CN2C(S(=O)(=O)c2nccs2)=N[C@H]1c1ccc(F)cc1Cl.CCOC(=O)C1=C2C[C@H](NS(=O)(=O)C3CC3)CN2C(SC)=N[C@H]1c1ccc(F)cc1Cl.CCOC(=O)C1=C2C[C@H](NS(=O)(=O)C3CC3)CN2C(Sc2nccs2)=N[C@H]1c1ccc(F)cc1Cl. The van der Waals surface area contributed by atoms with Crippen LogP contribution in [0.1, 0.15) is 151 Å². The lowest BCUT2D eigenvalue weighted by Crippen LogP contribution is -2.42. The van der Waals surface area contributed by atoms with E-state index >= 15 is 0 Å². The summed E-state index contributed by atoms with van der Waals surface area (Å²) in [7, 11) is -20.0. The number of aliphatic imine (C=N–C) groups is 4. The van der Waals surface area contributed by atoms with E-state index in [9.17, 15) is 83.0 Å². The highest BCUT2D eigenvalue weighted by Crippen LogP contribution is 2.50. The molecule has 4 saturated carbocycles. The van der Waals surface area contributed by atoms with Gasteiger partial charge < -0.3 is 39.1 Å². The van der Waals surface area contributed by atoms with E-state index in [0.29, 0.717) is 131 Å². The van der Waals surface area contributed by atoms with Crippen LogP contribution in [0.4, 0.5) is 17.6 Å². The number of rotatable bonds is 27. The smallest absolute Gasteiger partial charge is 0.338 e. The number of thiazole rings is 3. The molecule has 139 heavy (non-hydrogen) atoms. The van der Waals surface area contributed by atoms with Gasteiger partial charge in [-0.15, -0.1) is 34.0 Å². The molecule has 12 aliphatic rings. The second kappa shape index (κ2) is 43.0. The van der Waals surface area contributed by atoms with Crippen LogP contribution in [-0.4, -0.2) is 229 Å². The lowest BCUT2D eigenvalue weighted by molar-refractivity contribution is -0.140. The Bertz CT molecular complexity index is 6920. The summed E-state index contributed by atoms with van der Waals surface area (Å²) in [5.74, 6) is -4.41. The first-order valence-corrected chi connectivity index (χ1v) is 58.8. The second-order valence-electron chi connectivity index (χ2n) is 33.4. The Morgan fingerprint density at radius 1 is 0.446 bits per heavy atom. The molecule has 19 rings (SSSR count). The fourth-order valence-electron chi connectivity index (χ4n) is 16.9. The molecular weight excluding hydrogens is 2120 g/mol. The number of amidine groups is 4. The van der Waals surface area contributed by atoms with E-state index in [1.54, 1.807) is 44.2 Å². The molecule has 9 atom stereocenters. The lowest BCUT2D eigenvalue weighted by atomic mass is 9.94. The number of thioether (sulfide) groups is 2. The molecule has 8 fully saturated rings. The zero-order valence-corrected chi connectivity index (χ0v) is 86.3. The average Bonchev–Trinajstić information content (AvgIpc) is 1.68. The number of esters is 3. The van der Waals surface area contributed by atoms with Crippen molar-refractivity contribution in [2.45, 2.75) is 187 Å². The molecule has 0 radical (unpaired) electrons. The van der Waals surface area contributed by atoms with E-state index in [0.717, 1.165) is 33.9 Å². The van der Waals surface area contributed by atoms with Crippen LogP contribution in [0.2, 0.25) is 20.1 Å². The number of sulfone groups is 1. The van der Waals surface area contributed by atoms with Crippen molar-refractivity contribution in [3.05, 3.63) is 218 Å². The number of hydrogen-bond donors (Lipinski definition) is 5. The highest BCUT2D eigenvalue weighted by molar-refractivity contribution is 8.15. The number of nitrogens with zero attached hydrogens (tertiary/aromatic N) is 11. The Morgan fingerprint density at radius 3 is 1.14 bits per heavy atom. The Morgan fingerprint density at radius 2 is 0.791 bits per heavy atom. The van der Waals surface area contributed by atoms with E-state index in [1.807, 2.05) is 21.4 Å². The normalized spacial score (nSPS) is 22.7. The zero-order chi connectivity index (χ0) is 99.2. The Kier molecular flexibility index (Phi) is 32.1. The Labute approximate surface area is 841 Å². The minimum Gasteiger partial charge on any atom is -0.463 e. The Hall–Kier alpha value is -8.19. The molecule has 744 valence electrons. The average molecular weight is 2210 g/mol. The van der Waals surface area contributed by atoms with E-state index in [1.165, 1.54) is 123 Å². The predicted octanol–water partition coefficient (Wildman–Crippen LogP) is 12.8. The van der Waals surface area contributed by atoms with Gasteiger partial charge in [0, 0.05) is 182 Å². The molecule has 34 nitrogen and oxygen atoms in total. The third kappa shape index (κ3) is 23.1. The largest absolute Gasteiger partial charge is 0.463 e. The summed E-state index contributed by atoms with van der Waals surface area (Å²) < 4.78 is 225. The number of benzene rings is 4. The summed E-state index contributed by atoms with van der Waals surface area (Å²) in [5, 5.41) is 7.50. The van der Waals surface area contributed by atoms with Crippen molar-refractivity contribution in [1.29, 1.82) is 0 Å². The van der Waals surface area contributed by atoms with Gasteiger partial charge in [0.25, 0.3) is 15.7 Å². The van der Waals surface area contributed by atoms with Crippen LogP contribution in [0.15, 0.2) is 186 Å². The van der Waals surface area contributed by atoms with Crippen molar-refractivity contribution in [2.75, 3.05) is 58.8 Å². The number of ether oxygens (including phenoxy) is 3. The van der Waals surface area contributed by atoms with Gasteiger partial charge in [-0.3, -0.25) is 4.79 Å². The van der Waals surface area contributed by atoms with E-state index in [2.05, 4.69) is 44.1 Å². The van der Waals surface area contributed by atoms with Crippen molar-refractivity contribution < 1.29 is 97.2 Å². The van der Waals surface area contributed by atoms with Crippen molar-refractivity contribution in [3.8, 4) is 0 Å². The summed E-state index contributed by atoms with van der Waals surface area (Å²) >= 11 is 31.7. The molecule has 1 unspecified atom stereocenters. The van der Waals surface area contributed by atoms with Gasteiger partial charge in [0.05, 0.1) is 63.1 Å². The summed E-state index contributed by atoms with van der Waals surface area (Å²) in [6, 6.07) is 9.37. The number of hydrogen-bond acceptors (Lipinski definition) is 34. The molecule has 53 heteroatoms. The fraction of sp³-hybridized carbons (Fsp3) is 0.430. The molecule has 11 heterocycles. The maximum atomic E-state index is 13.8. The highest BCUT2D eigenvalue weighted by Gasteiger charge is 2.53. The standard InChI is InChI=1S/C22H23ClFN5O4S3.C22H22ClFN4O6S3.C22H22ClFN4O4S3.C20H23ClFN3O4S2/c1-2-25-20(30)18-17-10-13(28-36(32,33)14-4-5-14)11-29(17)21(35(31)22-26-7-8-34-22)27-19(18)15-6-3-12(24)9-16(15)23;1-2-34-20(29)18-17-10-13(27-37(32,33)14-4-5-14)11-28(17)21(36(30,31)22-25-7-8-35-22)26-19(18)15-6-3-12(24)9-16(15)23;1-2-32-20(29)18-17-10-13(27-35(30,31)14-4-5-14)11-28(17)21(34-22-25-7-8-33-22)26-19(18)15-6-3-12(24)9-16(15)23;1-3-29-19(26)17-16-9-12(24-31(27,28)13-5-6-13)10-25(16)20(30-2)23-18(17)14-7-4-11(22)8-15(14)21/h3,6-9,13-14,19,28H,2,4-5,10-11H2,1H3,(H,25,30);3,6-9,13-14,19,27H,2,4-5,10-11H2,1H3;3,6-9,13-14,19,27H,2,4-5,10-11H2,1H3;4,7-8,12-13,18,24H,3,5-6,9-10H2,1-2H3/t13-,19-,35?;2*13-,19-;12-,18-/m0000/s1. The second-order valence-corrected chi connectivity index (χ2v) is 51.2. The topological polar surface area (TPSA) is 445 Å². The quantitative estimate of drug-likeness (QED) is 0.0181. The van der Waals surface area contributed by atoms with Crippen LogP contribution in [0, 0.1) is 23.3 Å². The van der Waals surface area contributed by atoms with Crippen molar-refractivity contribution in [2.24, 2.45) is 20.0 Å². The molecule has 0 bridgehead atoms. The number of carbonyl (C=O) groups excluding carboxylic acids is 4. The lowest BCUT2D eigenvalue weighted by Gasteiger charge is -2.32. The van der Waals surface area contributed by atoms with Gasteiger partial charge in [0.1, 0.15) is 47.4 Å². The number of halogens is 8. The number of sulfonamides is 4. The summed E-state index contributed by atoms with van der Waals surface area (Å²) in [5.41, 5.74) is 4.42. The van der Waals surface area contributed by atoms with E-state index < -0.39 is 166 Å². The first-order valence-electron chi connectivity index (χ1n) is 43.8. The molecular formula is C86H90Cl4F4N16O18S11. The maximum absolute atomic E-state index is 13.8. The van der Waals surface area contributed by atoms with Gasteiger partial charge in [0.15, 0.2) is 29.8 Å². The van der Waals surface area contributed by atoms with E-state index in [4.69, 9.17) is 75.6 Å². The number of nitrogens with one attached hydrogen (secondary N) is 5. The zero-order valence-electron chi connectivity index (χ0n) is 74.2. The van der Waals surface area contributed by atoms with Crippen LogP contribution >= 0.6 is 104 Å². The van der Waals surface area contributed by atoms with Gasteiger partial charge in [-0.25, -0.2) is 132 Å².